The molecule has 0 aromatic carbocycles. The molecule has 0 heterocycles. The van der Waals surface area contributed by atoms with E-state index in [0.717, 1.165) is 25.7 Å². The molecule has 0 spiro atoms. The van der Waals surface area contributed by atoms with Crippen LogP contribution in [0.3, 0.4) is 0 Å². The Kier molecular flexibility index (Phi) is 9.55. The predicted octanol–water partition coefficient (Wildman–Crippen LogP) is 3.27. The molecule has 1 atom stereocenters. The molecule has 15 heavy (non-hydrogen) atoms. The molecular weight excluding hydrogens is 188 g/mol. The van der Waals surface area contributed by atoms with Crippen molar-refractivity contribution < 1.29 is 9.90 Å². The third kappa shape index (κ3) is 7.35. The summed E-state index contributed by atoms with van der Waals surface area (Å²) in [5.41, 5.74) is 0.569. The molecule has 0 fully saturated rings. The smallest absolute Gasteiger partial charge is 0.126 e. The highest BCUT2D eigenvalue weighted by Crippen LogP contribution is 2.15. The van der Waals surface area contributed by atoms with Crippen LogP contribution >= 0.6 is 0 Å². The summed E-state index contributed by atoms with van der Waals surface area (Å²) in [6, 6.07) is 0. The highest BCUT2D eigenvalue weighted by molar-refractivity contribution is 5.53. The summed E-state index contributed by atoms with van der Waals surface area (Å²) in [4.78, 5) is 10.7. The Morgan fingerprint density at radius 3 is 2.33 bits per heavy atom. The quantitative estimate of drug-likeness (QED) is 0.470. The first kappa shape index (κ1) is 14.4. The van der Waals surface area contributed by atoms with E-state index in [0.29, 0.717) is 18.4 Å². The molecule has 0 radical (unpaired) electrons. The van der Waals surface area contributed by atoms with Crippen LogP contribution in [0.4, 0.5) is 0 Å². The second-order valence-electron chi connectivity index (χ2n) is 4.10. The first-order valence-corrected chi connectivity index (χ1v) is 6.18. The van der Waals surface area contributed by atoms with Gasteiger partial charge < -0.3 is 5.11 Å². The molecule has 88 valence electrons. The van der Waals surface area contributed by atoms with Crippen LogP contribution in [-0.4, -0.2) is 17.2 Å². The second kappa shape index (κ2) is 9.95. The fraction of sp³-hybridized carbons (Fsp3) is 0.846. The molecule has 0 aliphatic rings. The lowest BCUT2D eigenvalue weighted by atomic mass is 9.99. The van der Waals surface area contributed by atoms with Gasteiger partial charge in [-0.2, -0.15) is 0 Å². The van der Waals surface area contributed by atoms with Crippen molar-refractivity contribution in [3.05, 3.63) is 5.57 Å². The van der Waals surface area contributed by atoms with Gasteiger partial charge in [-0.05, 0) is 19.3 Å². The first-order valence-electron chi connectivity index (χ1n) is 6.18. The molecule has 0 saturated carbocycles. The van der Waals surface area contributed by atoms with Gasteiger partial charge in [-0.3, -0.25) is 0 Å². The fourth-order valence-electron chi connectivity index (χ4n) is 1.60. The van der Waals surface area contributed by atoms with Crippen molar-refractivity contribution in [1.29, 1.82) is 0 Å². The van der Waals surface area contributed by atoms with Gasteiger partial charge in [-0.15, -0.1) is 0 Å². The van der Waals surface area contributed by atoms with E-state index in [1.807, 2.05) is 5.94 Å². The van der Waals surface area contributed by atoms with Gasteiger partial charge in [0, 0.05) is 5.57 Å². The van der Waals surface area contributed by atoms with Crippen molar-refractivity contribution in [3.63, 3.8) is 0 Å². The van der Waals surface area contributed by atoms with Crippen LogP contribution in [0.5, 0.6) is 0 Å². The van der Waals surface area contributed by atoms with E-state index in [1.54, 1.807) is 0 Å². The SMILES string of the molecule is CCCCCCC(=C=O)C(O)CCCC. The Bertz CT molecular complexity index is 193. The van der Waals surface area contributed by atoms with Crippen molar-refractivity contribution in [2.24, 2.45) is 0 Å². The van der Waals surface area contributed by atoms with Gasteiger partial charge in [-0.25, -0.2) is 4.79 Å². The Labute approximate surface area is 93.4 Å². The number of aliphatic hydroxyl groups excluding tert-OH is 1. The van der Waals surface area contributed by atoms with E-state index >= 15 is 0 Å². The summed E-state index contributed by atoms with van der Waals surface area (Å²) >= 11 is 0. The first-order chi connectivity index (χ1) is 7.26. The maximum absolute atomic E-state index is 10.7. The van der Waals surface area contributed by atoms with E-state index in [9.17, 15) is 9.90 Å². The molecule has 2 heteroatoms. The van der Waals surface area contributed by atoms with E-state index in [4.69, 9.17) is 0 Å². The van der Waals surface area contributed by atoms with Gasteiger partial charge in [0.05, 0.1) is 6.10 Å². The Hall–Kier alpha value is -0.590. The maximum Gasteiger partial charge on any atom is 0.126 e. The molecule has 0 aliphatic heterocycles. The van der Waals surface area contributed by atoms with E-state index < -0.39 is 6.10 Å². The minimum absolute atomic E-state index is 0.552. The van der Waals surface area contributed by atoms with Crippen LogP contribution in [0.1, 0.15) is 65.2 Å². The number of unbranched alkanes of at least 4 members (excludes halogenated alkanes) is 4. The summed E-state index contributed by atoms with van der Waals surface area (Å²) in [6.07, 6.45) is 7.44. The monoisotopic (exact) mass is 212 g/mol. The molecule has 0 aromatic rings. The molecule has 2 nitrogen and oxygen atoms in total. The number of hydrogen-bond donors (Lipinski definition) is 1. The molecule has 0 saturated heterocycles. The van der Waals surface area contributed by atoms with E-state index in [1.165, 1.54) is 12.8 Å². The third-order valence-corrected chi connectivity index (χ3v) is 2.66. The van der Waals surface area contributed by atoms with Gasteiger partial charge in [-0.1, -0.05) is 46.0 Å². The summed E-state index contributed by atoms with van der Waals surface area (Å²) in [5.74, 6) is 1.90. The molecular formula is C13H24O2. The number of rotatable bonds is 9. The lowest BCUT2D eigenvalue weighted by Gasteiger charge is -2.10. The molecule has 1 unspecified atom stereocenters. The van der Waals surface area contributed by atoms with Crippen LogP contribution in [0, 0.1) is 0 Å². The van der Waals surface area contributed by atoms with Gasteiger partial charge >= 0.3 is 0 Å². The lowest BCUT2D eigenvalue weighted by Crippen LogP contribution is -2.11. The largest absolute Gasteiger partial charge is 0.388 e. The molecule has 1 N–H and O–H groups in total. The Balaban J connectivity index is 3.77. The highest BCUT2D eigenvalue weighted by Gasteiger charge is 2.10. The number of aliphatic hydroxyl groups is 1. The van der Waals surface area contributed by atoms with E-state index in [2.05, 4.69) is 13.8 Å². The summed E-state index contributed by atoms with van der Waals surface area (Å²) < 4.78 is 0. The number of hydrogen-bond acceptors (Lipinski definition) is 2. The summed E-state index contributed by atoms with van der Waals surface area (Å²) in [6.45, 7) is 4.24. The van der Waals surface area contributed by atoms with Crippen molar-refractivity contribution in [2.45, 2.75) is 71.3 Å². The highest BCUT2D eigenvalue weighted by atomic mass is 16.3. The summed E-state index contributed by atoms with van der Waals surface area (Å²) in [7, 11) is 0. The van der Waals surface area contributed by atoms with Crippen LogP contribution in [-0.2, 0) is 4.79 Å². The van der Waals surface area contributed by atoms with Gasteiger partial charge in [0.2, 0.25) is 0 Å². The molecule has 0 amide bonds. The minimum Gasteiger partial charge on any atom is -0.388 e. The second-order valence-corrected chi connectivity index (χ2v) is 4.10. The van der Waals surface area contributed by atoms with E-state index in [-0.39, 0.29) is 0 Å². The fourth-order valence-corrected chi connectivity index (χ4v) is 1.60. The molecule has 0 bridgehead atoms. The average Bonchev–Trinajstić information content (AvgIpc) is 2.26. The molecule has 0 aliphatic carbocycles. The van der Waals surface area contributed by atoms with Gasteiger partial charge in [0.1, 0.15) is 5.94 Å². The molecule has 0 aromatic heterocycles. The zero-order chi connectivity index (χ0) is 11.5. The van der Waals surface area contributed by atoms with Crippen LogP contribution in [0.15, 0.2) is 5.57 Å². The zero-order valence-corrected chi connectivity index (χ0v) is 10.1. The van der Waals surface area contributed by atoms with Crippen molar-refractivity contribution in [1.82, 2.24) is 0 Å². The average molecular weight is 212 g/mol. The van der Waals surface area contributed by atoms with Gasteiger partial charge in [0.15, 0.2) is 0 Å². The van der Waals surface area contributed by atoms with Crippen molar-refractivity contribution in [3.8, 4) is 0 Å². The Morgan fingerprint density at radius 2 is 1.80 bits per heavy atom. The topological polar surface area (TPSA) is 37.3 Å². The van der Waals surface area contributed by atoms with Gasteiger partial charge in [0.25, 0.3) is 0 Å². The van der Waals surface area contributed by atoms with Crippen LogP contribution < -0.4 is 0 Å². The lowest BCUT2D eigenvalue weighted by molar-refractivity contribution is 0.193. The van der Waals surface area contributed by atoms with Crippen LogP contribution in [0.2, 0.25) is 0 Å². The predicted molar refractivity (Wildman–Crippen MR) is 63.5 cm³/mol. The summed E-state index contributed by atoms with van der Waals surface area (Å²) in [5, 5.41) is 9.70. The minimum atomic E-state index is -0.552. The molecule has 0 rings (SSSR count). The zero-order valence-electron chi connectivity index (χ0n) is 10.1. The van der Waals surface area contributed by atoms with Crippen LogP contribution in [0.25, 0.3) is 0 Å². The Morgan fingerprint density at radius 1 is 1.13 bits per heavy atom. The standard InChI is InChI=1S/C13H24O2/c1-3-5-7-8-9-12(11-14)13(15)10-6-4-2/h13,15H,3-10H2,1-2H3. The number of carbonyl (C=O) groups excluding carboxylic acids is 1. The van der Waals surface area contributed by atoms with Crippen molar-refractivity contribution in [2.75, 3.05) is 0 Å². The normalized spacial score (nSPS) is 12.2. The van der Waals surface area contributed by atoms with Crippen molar-refractivity contribution >= 4 is 5.94 Å². The third-order valence-electron chi connectivity index (χ3n) is 2.66. The maximum atomic E-state index is 10.7.